The minimum absolute atomic E-state index is 0.00419. The predicted molar refractivity (Wildman–Crippen MR) is 84.4 cm³/mol. The molecule has 0 fully saturated rings. The summed E-state index contributed by atoms with van der Waals surface area (Å²) < 4.78 is 13.1. The first-order chi connectivity index (χ1) is 10.4. The van der Waals surface area contributed by atoms with Crippen LogP contribution in [-0.2, 0) is 5.60 Å². The summed E-state index contributed by atoms with van der Waals surface area (Å²) in [6.07, 6.45) is 0. The highest BCUT2D eigenvalue weighted by Crippen LogP contribution is 2.22. The van der Waals surface area contributed by atoms with E-state index in [1.165, 1.54) is 12.1 Å². The van der Waals surface area contributed by atoms with Gasteiger partial charge in [0, 0.05) is 0 Å². The number of urea groups is 1. The number of carbonyl (C=O) groups is 1. The van der Waals surface area contributed by atoms with Crippen LogP contribution in [-0.4, -0.2) is 17.7 Å². The number of carbonyl (C=O) groups excluding carboxylic acids is 1. The number of rotatable bonds is 4. The van der Waals surface area contributed by atoms with E-state index >= 15 is 0 Å². The number of hydrogen-bond acceptors (Lipinski definition) is 2. The number of hydrogen-bond donors (Lipinski definition) is 3. The minimum atomic E-state index is -1.22. The number of benzene rings is 2. The standard InChI is InChI=1S/C16H16ClFN2O2/c1-16(22,11-5-3-2-4-6-11)10-19-15(21)20-14-9-12(18)7-8-13(14)17/h2-9,22H,10H2,1H3,(H2,19,20,21). The zero-order valence-corrected chi connectivity index (χ0v) is 12.7. The molecule has 116 valence electrons. The van der Waals surface area contributed by atoms with E-state index in [1.807, 2.05) is 6.07 Å². The zero-order valence-electron chi connectivity index (χ0n) is 11.9. The van der Waals surface area contributed by atoms with Gasteiger partial charge in [-0.3, -0.25) is 0 Å². The molecule has 0 saturated carbocycles. The molecule has 1 unspecified atom stereocenters. The van der Waals surface area contributed by atoms with Crippen LogP contribution in [0.4, 0.5) is 14.9 Å². The fraction of sp³-hybridized carbons (Fsp3) is 0.188. The summed E-state index contributed by atoms with van der Waals surface area (Å²) >= 11 is 5.87. The molecule has 2 rings (SSSR count). The van der Waals surface area contributed by atoms with Crippen molar-refractivity contribution in [3.8, 4) is 0 Å². The van der Waals surface area contributed by atoms with Crippen LogP contribution in [0, 0.1) is 5.82 Å². The summed E-state index contributed by atoms with van der Waals surface area (Å²) in [7, 11) is 0. The summed E-state index contributed by atoms with van der Waals surface area (Å²) in [5.74, 6) is -0.504. The molecule has 0 aliphatic heterocycles. The van der Waals surface area contributed by atoms with Gasteiger partial charge in [-0.1, -0.05) is 41.9 Å². The molecule has 2 amide bonds. The number of halogens is 2. The zero-order chi connectivity index (χ0) is 16.2. The predicted octanol–water partition coefficient (Wildman–Crippen LogP) is 3.51. The van der Waals surface area contributed by atoms with Gasteiger partial charge in [0.2, 0.25) is 0 Å². The summed E-state index contributed by atoms with van der Waals surface area (Å²) in [6, 6.07) is 12.1. The van der Waals surface area contributed by atoms with Crippen molar-refractivity contribution in [2.24, 2.45) is 0 Å². The third kappa shape index (κ3) is 4.19. The lowest BCUT2D eigenvalue weighted by molar-refractivity contribution is 0.0599. The Kier molecular flexibility index (Phi) is 5.00. The molecule has 0 aliphatic rings. The van der Waals surface area contributed by atoms with E-state index in [9.17, 15) is 14.3 Å². The molecule has 2 aromatic rings. The molecule has 0 radical (unpaired) electrons. The van der Waals surface area contributed by atoms with Crippen molar-refractivity contribution in [2.75, 3.05) is 11.9 Å². The molecular weight excluding hydrogens is 307 g/mol. The highest BCUT2D eigenvalue weighted by atomic mass is 35.5. The molecule has 0 aliphatic carbocycles. The van der Waals surface area contributed by atoms with Crippen molar-refractivity contribution in [3.63, 3.8) is 0 Å². The van der Waals surface area contributed by atoms with E-state index in [0.29, 0.717) is 5.56 Å². The number of amides is 2. The second kappa shape index (κ2) is 6.77. The largest absolute Gasteiger partial charge is 0.384 e. The van der Waals surface area contributed by atoms with Crippen molar-refractivity contribution in [3.05, 3.63) is 64.9 Å². The molecule has 3 N–H and O–H groups in total. The molecule has 1 atom stereocenters. The quantitative estimate of drug-likeness (QED) is 0.806. The molecule has 0 aromatic heterocycles. The summed E-state index contributed by atoms with van der Waals surface area (Å²) in [5, 5.41) is 15.6. The van der Waals surface area contributed by atoms with Crippen molar-refractivity contribution >= 4 is 23.3 Å². The lowest BCUT2D eigenvalue weighted by atomic mass is 9.96. The van der Waals surface area contributed by atoms with Crippen LogP contribution in [0.5, 0.6) is 0 Å². The highest BCUT2D eigenvalue weighted by Gasteiger charge is 2.23. The third-order valence-electron chi connectivity index (χ3n) is 3.17. The Morgan fingerprint density at radius 2 is 1.95 bits per heavy atom. The fourth-order valence-corrected chi connectivity index (χ4v) is 2.08. The normalized spacial score (nSPS) is 13.3. The average Bonchev–Trinajstić information content (AvgIpc) is 2.50. The Hall–Kier alpha value is -2.11. The first-order valence-corrected chi connectivity index (χ1v) is 7.04. The Morgan fingerprint density at radius 1 is 1.27 bits per heavy atom. The van der Waals surface area contributed by atoms with Crippen LogP contribution in [0.15, 0.2) is 48.5 Å². The van der Waals surface area contributed by atoms with Crippen LogP contribution in [0.1, 0.15) is 12.5 Å². The topological polar surface area (TPSA) is 61.4 Å². The maximum atomic E-state index is 13.1. The van der Waals surface area contributed by atoms with Gasteiger partial charge in [-0.05, 0) is 30.7 Å². The van der Waals surface area contributed by atoms with E-state index in [2.05, 4.69) is 10.6 Å². The molecule has 0 heterocycles. The molecule has 4 nitrogen and oxygen atoms in total. The fourth-order valence-electron chi connectivity index (χ4n) is 1.91. The Morgan fingerprint density at radius 3 is 2.64 bits per heavy atom. The van der Waals surface area contributed by atoms with Gasteiger partial charge >= 0.3 is 6.03 Å². The summed E-state index contributed by atoms with van der Waals surface area (Å²) in [4.78, 5) is 11.8. The van der Waals surface area contributed by atoms with Crippen LogP contribution in [0.25, 0.3) is 0 Å². The summed E-state index contributed by atoms with van der Waals surface area (Å²) in [5.41, 5.74) is -0.373. The van der Waals surface area contributed by atoms with Gasteiger partial charge < -0.3 is 15.7 Å². The van der Waals surface area contributed by atoms with Gasteiger partial charge in [0.05, 0.1) is 17.3 Å². The Labute approximate surface area is 132 Å². The van der Waals surface area contributed by atoms with Gasteiger partial charge in [-0.25, -0.2) is 9.18 Å². The monoisotopic (exact) mass is 322 g/mol. The van der Waals surface area contributed by atoms with Crippen molar-refractivity contribution in [1.29, 1.82) is 0 Å². The van der Waals surface area contributed by atoms with Crippen LogP contribution in [0.3, 0.4) is 0 Å². The SMILES string of the molecule is CC(O)(CNC(=O)Nc1cc(F)ccc1Cl)c1ccccc1. The van der Waals surface area contributed by atoms with E-state index in [1.54, 1.807) is 31.2 Å². The lowest BCUT2D eigenvalue weighted by Gasteiger charge is -2.24. The van der Waals surface area contributed by atoms with E-state index in [4.69, 9.17) is 11.6 Å². The maximum Gasteiger partial charge on any atom is 0.319 e. The van der Waals surface area contributed by atoms with Crippen molar-refractivity contribution in [2.45, 2.75) is 12.5 Å². The van der Waals surface area contributed by atoms with E-state index in [0.717, 1.165) is 6.07 Å². The van der Waals surface area contributed by atoms with Gasteiger partial charge in [-0.15, -0.1) is 0 Å². The first kappa shape index (κ1) is 16.3. The van der Waals surface area contributed by atoms with Gasteiger partial charge in [0.25, 0.3) is 0 Å². The smallest absolute Gasteiger partial charge is 0.319 e. The van der Waals surface area contributed by atoms with Crippen molar-refractivity contribution < 1.29 is 14.3 Å². The number of anilines is 1. The molecule has 0 spiro atoms. The second-order valence-corrected chi connectivity index (χ2v) is 5.48. The number of aliphatic hydroxyl groups is 1. The molecule has 6 heteroatoms. The Bertz CT molecular complexity index is 662. The first-order valence-electron chi connectivity index (χ1n) is 6.66. The van der Waals surface area contributed by atoms with Crippen molar-refractivity contribution in [1.82, 2.24) is 5.32 Å². The average molecular weight is 323 g/mol. The molecule has 22 heavy (non-hydrogen) atoms. The molecule has 0 bridgehead atoms. The number of nitrogens with one attached hydrogen (secondary N) is 2. The lowest BCUT2D eigenvalue weighted by Crippen LogP contribution is -2.40. The molecule has 2 aromatic carbocycles. The van der Waals surface area contributed by atoms with Crippen LogP contribution >= 0.6 is 11.6 Å². The summed E-state index contributed by atoms with van der Waals surface area (Å²) in [6.45, 7) is 1.59. The molecular formula is C16H16ClFN2O2. The third-order valence-corrected chi connectivity index (χ3v) is 3.50. The van der Waals surface area contributed by atoms with E-state index in [-0.39, 0.29) is 17.3 Å². The second-order valence-electron chi connectivity index (χ2n) is 5.07. The maximum absolute atomic E-state index is 13.1. The van der Waals surface area contributed by atoms with Gasteiger partial charge in [0.1, 0.15) is 11.4 Å². The highest BCUT2D eigenvalue weighted by molar-refractivity contribution is 6.33. The van der Waals surface area contributed by atoms with Gasteiger partial charge in [-0.2, -0.15) is 0 Å². The van der Waals surface area contributed by atoms with Gasteiger partial charge in [0.15, 0.2) is 0 Å². The van der Waals surface area contributed by atoms with Crippen LogP contribution < -0.4 is 10.6 Å². The Balaban J connectivity index is 1.97. The minimum Gasteiger partial charge on any atom is -0.384 e. The van der Waals surface area contributed by atoms with E-state index < -0.39 is 17.4 Å². The molecule has 0 saturated heterocycles. The van der Waals surface area contributed by atoms with Crippen LogP contribution in [0.2, 0.25) is 5.02 Å².